The first kappa shape index (κ1) is 81.4. The van der Waals surface area contributed by atoms with Crippen LogP contribution in [0, 0.1) is 0 Å². The molecule has 4 N–H and O–H groups in total. The Morgan fingerprint density at radius 2 is 0.256 bits per heavy atom. The molecule has 0 aliphatic heterocycles. The van der Waals surface area contributed by atoms with E-state index in [1.54, 1.807) is 0 Å². The van der Waals surface area contributed by atoms with Crippen molar-refractivity contribution in [2.45, 2.75) is 439 Å². The second-order valence-corrected chi connectivity index (χ2v) is 25.2. The summed E-state index contributed by atoms with van der Waals surface area (Å²) in [4.78, 5) is 8.33. The topological polar surface area (TPSA) is 96.4 Å². The summed E-state index contributed by atoms with van der Waals surface area (Å²) in [6.45, 7) is 14.7. The third kappa shape index (κ3) is 91.7. The van der Waals surface area contributed by atoms with E-state index >= 15 is 0 Å². The molecule has 0 radical (unpaired) electrons. The summed E-state index contributed by atoms with van der Waals surface area (Å²) in [5.41, 5.74) is 0. The molecule has 0 fully saturated rings. The van der Waals surface area contributed by atoms with Gasteiger partial charge in [-0.05, 0) is 57.5 Å². The highest BCUT2D eigenvalue weighted by Crippen LogP contribution is 2.18. The van der Waals surface area contributed by atoms with Crippen molar-refractivity contribution >= 4 is 6.16 Å². The zero-order valence-corrected chi connectivity index (χ0v) is 55.0. The standard InChI is InChI=1S/2C36H75N.CH2O3/c2*1-3-5-7-9-11-13-15-17-19-21-23-25-27-29-31-33-35-37-36-34-32-30-28-26-24-22-20-18-16-14-12-10-8-6-4-2;2-1(3)4/h2*37H,3-36H2,1-2H3;(H2,2,3,4). The second kappa shape index (κ2) is 82.7. The normalized spacial score (nSPS) is 11.2. The quantitative estimate of drug-likeness (QED) is 0.0594. The van der Waals surface area contributed by atoms with Crippen LogP contribution in [0.15, 0.2) is 0 Å². The highest BCUT2D eigenvalue weighted by Gasteiger charge is 2.01. The van der Waals surface area contributed by atoms with Gasteiger partial charge in [0.2, 0.25) is 0 Å². The van der Waals surface area contributed by atoms with E-state index in [9.17, 15) is 0 Å². The number of hydrogen-bond acceptors (Lipinski definition) is 3. The molecule has 0 atom stereocenters. The molecule has 0 amide bonds. The van der Waals surface area contributed by atoms with Gasteiger partial charge in [-0.25, -0.2) is 0 Å². The van der Waals surface area contributed by atoms with E-state index in [1.165, 1.54) is 437 Å². The summed E-state index contributed by atoms with van der Waals surface area (Å²) >= 11 is 0. The lowest BCUT2D eigenvalue weighted by molar-refractivity contribution is -0.655. The van der Waals surface area contributed by atoms with Crippen LogP contribution in [0.25, 0.3) is 0 Å². The molecule has 0 aromatic rings. The molecule has 0 saturated carbocycles. The van der Waals surface area contributed by atoms with Gasteiger partial charge in [0.15, 0.2) is 0 Å². The van der Waals surface area contributed by atoms with Crippen molar-refractivity contribution in [1.82, 2.24) is 0 Å². The maximum atomic E-state index is 8.33. The lowest BCUT2D eigenvalue weighted by Crippen LogP contribution is -2.84. The van der Waals surface area contributed by atoms with Crippen molar-refractivity contribution in [3.63, 3.8) is 0 Å². The number of hydrogen-bond donors (Lipinski definition) is 2. The lowest BCUT2D eigenvalue weighted by Gasteiger charge is -2.04. The molecule has 0 aliphatic carbocycles. The second-order valence-electron chi connectivity index (χ2n) is 25.2. The van der Waals surface area contributed by atoms with Gasteiger partial charge in [0, 0.05) is 0 Å². The van der Waals surface area contributed by atoms with Gasteiger partial charge >= 0.3 is 0 Å². The zero-order valence-electron chi connectivity index (χ0n) is 55.0. The minimum atomic E-state index is -2.33. The highest BCUT2D eigenvalue weighted by atomic mass is 16.6. The summed E-state index contributed by atoms with van der Waals surface area (Å²) in [5.74, 6) is 0. The largest absolute Gasteiger partial charge is 0.652 e. The Hall–Kier alpha value is -0.810. The third-order valence-electron chi connectivity index (χ3n) is 17.0. The first-order chi connectivity index (χ1) is 38.6. The van der Waals surface area contributed by atoms with Crippen molar-refractivity contribution < 1.29 is 25.6 Å². The molecule has 5 heteroatoms. The number of carbonyl (C=O) groups excluding carboxylic acids is 1. The summed E-state index contributed by atoms with van der Waals surface area (Å²) in [6.07, 6.45) is 91.8. The van der Waals surface area contributed by atoms with E-state index in [4.69, 9.17) is 15.0 Å². The van der Waals surface area contributed by atoms with Crippen molar-refractivity contribution in [3.8, 4) is 0 Å². The van der Waals surface area contributed by atoms with E-state index in [1.807, 2.05) is 0 Å². The van der Waals surface area contributed by atoms with Gasteiger partial charge in [-0.3, -0.25) is 0 Å². The smallest absolute Gasteiger partial charge is 0.0755 e. The predicted molar refractivity (Wildman–Crippen MR) is 347 cm³/mol. The minimum absolute atomic E-state index is 1.37. The molecular formula is C73H152N2O3. The number of unbranched alkanes of at least 4 members (excludes halogenated alkanes) is 60. The first-order valence-electron chi connectivity index (χ1n) is 37.1. The van der Waals surface area contributed by atoms with Gasteiger partial charge in [-0.15, -0.1) is 0 Å². The molecule has 472 valence electrons. The molecule has 5 nitrogen and oxygen atoms in total. The lowest BCUT2D eigenvalue weighted by atomic mass is 10.0. The Kier molecular flexibility index (Phi) is 86.3. The van der Waals surface area contributed by atoms with E-state index in [-0.39, 0.29) is 0 Å². The van der Waals surface area contributed by atoms with Crippen LogP contribution in [0.2, 0.25) is 0 Å². The van der Waals surface area contributed by atoms with Crippen LogP contribution < -0.4 is 20.8 Å². The average molecular weight is 1110 g/mol. The van der Waals surface area contributed by atoms with E-state index < -0.39 is 6.16 Å². The Bertz CT molecular complexity index is 835. The summed E-state index contributed by atoms with van der Waals surface area (Å²) in [7, 11) is 0. The molecule has 0 aromatic heterocycles. The molecule has 0 spiro atoms. The van der Waals surface area contributed by atoms with Crippen LogP contribution in [0.1, 0.15) is 439 Å². The zero-order chi connectivity index (χ0) is 57.1. The van der Waals surface area contributed by atoms with Crippen LogP contribution in [0.5, 0.6) is 0 Å². The monoisotopic (exact) mass is 1110 g/mol. The van der Waals surface area contributed by atoms with Crippen LogP contribution in [-0.2, 0) is 0 Å². The average Bonchev–Trinajstić information content (AvgIpc) is 3.43. The van der Waals surface area contributed by atoms with Crippen molar-refractivity contribution in [2.75, 3.05) is 26.2 Å². The van der Waals surface area contributed by atoms with Gasteiger partial charge in [-0.2, -0.15) is 0 Å². The van der Waals surface area contributed by atoms with E-state index in [0.29, 0.717) is 0 Å². The van der Waals surface area contributed by atoms with Crippen LogP contribution in [-0.4, -0.2) is 32.3 Å². The fourth-order valence-corrected chi connectivity index (χ4v) is 11.6. The number of carbonyl (C=O) groups is 1. The van der Waals surface area contributed by atoms with Crippen LogP contribution >= 0.6 is 0 Å². The van der Waals surface area contributed by atoms with Crippen LogP contribution in [0.3, 0.4) is 0 Å². The fraction of sp³-hybridized carbons (Fsp3) is 0.986. The summed E-state index contributed by atoms with van der Waals surface area (Å²) in [6, 6.07) is 0. The Balaban J connectivity index is -0.00000135. The SMILES string of the molecule is CCCCCCCCCCCCCCCCCC[NH2+]CCCCCCCCCCCCCCCCCC.CCCCCCCCCCCCCCCCCC[NH2+]CCCCCCCCCCCCCCCCCC.O=C([O-])[O-]. The summed E-state index contributed by atoms with van der Waals surface area (Å²) in [5, 5.41) is 21.8. The number of rotatable bonds is 68. The van der Waals surface area contributed by atoms with Crippen molar-refractivity contribution in [1.29, 1.82) is 0 Å². The molecule has 78 heavy (non-hydrogen) atoms. The van der Waals surface area contributed by atoms with Gasteiger partial charge < -0.3 is 25.6 Å². The molecule has 0 unspecified atom stereocenters. The van der Waals surface area contributed by atoms with E-state index in [2.05, 4.69) is 38.3 Å². The van der Waals surface area contributed by atoms with Crippen molar-refractivity contribution in [2.24, 2.45) is 0 Å². The molecular weight excluding hydrogens is 953 g/mol. The van der Waals surface area contributed by atoms with Crippen molar-refractivity contribution in [3.05, 3.63) is 0 Å². The number of quaternary nitrogens is 2. The molecule has 0 bridgehead atoms. The highest BCUT2D eigenvalue weighted by molar-refractivity contribution is 5.47. The molecule has 0 rings (SSSR count). The maximum absolute atomic E-state index is 8.33. The fourth-order valence-electron chi connectivity index (χ4n) is 11.6. The Labute approximate surface area is 494 Å². The molecule has 0 aliphatic rings. The van der Waals surface area contributed by atoms with Gasteiger partial charge in [0.1, 0.15) is 0 Å². The molecule has 0 aromatic carbocycles. The minimum Gasteiger partial charge on any atom is -0.652 e. The maximum Gasteiger partial charge on any atom is 0.0755 e. The van der Waals surface area contributed by atoms with Gasteiger partial charge in [-0.1, -0.05) is 387 Å². The molecule has 0 saturated heterocycles. The summed E-state index contributed by atoms with van der Waals surface area (Å²) < 4.78 is 0. The van der Waals surface area contributed by atoms with Gasteiger partial charge in [0.05, 0.1) is 26.2 Å². The number of carboxylic acid groups (broad SMARTS) is 2. The molecule has 0 heterocycles. The van der Waals surface area contributed by atoms with E-state index in [0.717, 1.165) is 0 Å². The predicted octanol–water partition coefficient (Wildman–Crippen LogP) is 21.7. The number of nitrogens with two attached hydrogens (primary N) is 2. The van der Waals surface area contributed by atoms with Crippen LogP contribution in [0.4, 0.5) is 4.79 Å². The Morgan fingerprint density at radius 1 is 0.179 bits per heavy atom. The third-order valence-corrected chi connectivity index (χ3v) is 17.0. The van der Waals surface area contributed by atoms with Gasteiger partial charge in [0.25, 0.3) is 0 Å². The Morgan fingerprint density at radius 3 is 0.346 bits per heavy atom. The first-order valence-corrected chi connectivity index (χ1v) is 37.1.